The van der Waals surface area contributed by atoms with Gasteiger partial charge in [-0.3, -0.25) is 4.99 Å². The highest BCUT2D eigenvalue weighted by atomic mass is 32.2. The van der Waals surface area contributed by atoms with Crippen LogP contribution in [0.3, 0.4) is 0 Å². The number of hydrogen-bond donors (Lipinski definition) is 3. The predicted molar refractivity (Wildman–Crippen MR) is 102 cm³/mol. The molecule has 4 rings (SSSR count). The van der Waals surface area contributed by atoms with Gasteiger partial charge in [0.2, 0.25) is 0 Å². The zero-order valence-electron chi connectivity index (χ0n) is 15.9. The summed E-state index contributed by atoms with van der Waals surface area (Å²) in [7, 11) is 0. The summed E-state index contributed by atoms with van der Waals surface area (Å²) in [6.45, 7) is 7.06. The van der Waals surface area contributed by atoms with Crippen molar-refractivity contribution in [1.82, 2.24) is 35.1 Å². The topological polar surface area (TPSA) is 136 Å². The van der Waals surface area contributed by atoms with E-state index in [-0.39, 0.29) is 18.0 Å². The molecule has 2 saturated heterocycles. The number of ether oxygens (including phenoxy) is 1. The Kier molecular flexibility index (Phi) is 5.36. The number of aliphatic hydroxyl groups excluding tert-OH is 2. The normalized spacial score (nSPS) is 31.2. The smallest absolute Gasteiger partial charge is 0.159 e. The minimum Gasteiger partial charge on any atom is -0.388 e. The molecule has 1 unspecified atom stereocenters. The molecule has 4 heterocycles. The summed E-state index contributed by atoms with van der Waals surface area (Å²) >= 11 is 1.43. The Morgan fingerprint density at radius 3 is 2.86 bits per heavy atom. The first-order valence-corrected chi connectivity index (χ1v) is 10.1. The van der Waals surface area contributed by atoms with Gasteiger partial charge in [-0.05, 0) is 20.8 Å². The Morgan fingerprint density at radius 2 is 2.14 bits per heavy atom. The Bertz CT molecular complexity index is 868. The fourth-order valence-electron chi connectivity index (χ4n) is 3.40. The largest absolute Gasteiger partial charge is 0.388 e. The van der Waals surface area contributed by atoms with Crippen molar-refractivity contribution in [2.24, 2.45) is 4.99 Å². The third-order valence-corrected chi connectivity index (χ3v) is 5.85. The Balaban J connectivity index is 1.42. The molecular weight excluding hydrogens is 384 g/mol. The second kappa shape index (κ2) is 7.78. The van der Waals surface area contributed by atoms with Crippen molar-refractivity contribution < 1.29 is 14.9 Å². The van der Waals surface area contributed by atoms with Gasteiger partial charge < -0.3 is 20.3 Å². The van der Waals surface area contributed by atoms with E-state index in [1.165, 1.54) is 11.8 Å². The average molecular weight is 408 g/mol. The van der Waals surface area contributed by atoms with Crippen LogP contribution < -0.4 is 5.32 Å². The number of hydrogen-bond acceptors (Lipinski definition) is 9. The summed E-state index contributed by atoms with van der Waals surface area (Å²) in [4.78, 5) is 8.60. The molecular formula is C16H24N8O3S. The first-order chi connectivity index (χ1) is 13.4. The predicted octanol–water partition coefficient (Wildman–Crippen LogP) is -0.938. The third-order valence-electron chi connectivity index (χ3n) is 4.75. The summed E-state index contributed by atoms with van der Waals surface area (Å²) < 4.78 is 9.39. The number of fused-ring (bicyclic) bond motifs is 1. The average Bonchev–Trinajstić information content (AvgIpc) is 3.33. The van der Waals surface area contributed by atoms with Gasteiger partial charge in [-0.2, -0.15) is 5.10 Å². The van der Waals surface area contributed by atoms with E-state index in [0.717, 1.165) is 16.7 Å². The molecule has 2 aromatic rings. The van der Waals surface area contributed by atoms with Gasteiger partial charge in [-0.15, -0.1) is 5.10 Å². The van der Waals surface area contributed by atoms with Crippen LogP contribution in [-0.2, 0) is 17.8 Å². The number of thioether (sulfide) groups is 1. The van der Waals surface area contributed by atoms with E-state index in [9.17, 15) is 10.2 Å². The number of aliphatic hydroxyl groups is 2. The van der Waals surface area contributed by atoms with Gasteiger partial charge in [0.05, 0.1) is 25.3 Å². The lowest BCUT2D eigenvalue weighted by atomic mass is 9.98. The molecule has 12 heteroatoms. The first kappa shape index (κ1) is 19.3. The van der Waals surface area contributed by atoms with Crippen LogP contribution in [0.15, 0.2) is 11.2 Å². The van der Waals surface area contributed by atoms with Crippen molar-refractivity contribution in [1.29, 1.82) is 0 Å². The Labute approximate surface area is 166 Å². The molecule has 0 bridgehead atoms. The highest BCUT2D eigenvalue weighted by Gasteiger charge is 2.49. The van der Waals surface area contributed by atoms with Crippen molar-refractivity contribution >= 4 is 16.9 Å². The van der Waals surface area contributed by atoms with E-state index in [0.29, 0.717) is 18.9 Å². The summed E-state index contributed by atoms with van der Waals surface area (Å²) in [5.74, 6) is 1.52. The second-order valence-electron chi connectivity index (χ2n) is 6.89. The van der Waals surface area contributed by atoms with E-state index in [2.05, 4.69) is 30.7 Å². The molecule has 0 aliphatic carbocycles. The lowest BCUT2D eigenvalue weighted by molar-refractivity contribution is -0.160. The minimum absolute atomic E-state index is 0.282. The highest BCUT2D eigenvalue weighted by molar-refractivity contribution is 8.14. The molecule has 11 nitrogen and oxygen atoms in total. The quantitative estimate of drug-likeness (QED) is 0.573. The van der Waals surface area contributed by atoms with Crippen LogP contribution in [0.2, 0.25) is 0 Å². The van der Waals surface area contributed by atoms with Gasteiger partial charge >= 0.3 is 0 Å². The van der Waals surface area contributed by atoms with Gasteiger partial charge in [0.25, 0.3) is 0 Å². The molecule has 0 radical (unpaired) electrons. The van der Waals surface area contributed by atoms with Gasteiger partial charge in [0.1, 0.15) is 41.1 Å². The van der Waals surface area contributed by atoms with Crippen LogP contribution in [0, 0.1) is 13.8 Å². The maximum atomic E-state index is 10.5. The van der Waals surface area contributed by atoms with Crippen molar-refractivity contribution in [3.8, 4) is 0 Å². The number of rotatable bonds is 5. The van der Waals surface area contributed by atoms with E-state index in [1.54, 1.807) is 15.6 Å². The molecule has 2 aliphatic heterocycles. The number of amidine groups is 1. The fraction of sp³-hybridized carbons (Fsp3) is 0.688. The minimum atomic E-state index is -1.04. The van der Waals surface area contributed by atoms with Gasteiger partial charge in [0.15, 0.2) is 5.17 Å². The van der Waals surface area contributed by atoms with Crippen molar-refractivity contribution in [2.75, 3.05) is 6.54 Å². The van der Waals surface area contributed by atoms with Gasteiger partial charge in [-0.1, -0.05) is 17.0 Å². The zero-order chi connectivity index (χ0) is 19.8. The standard InChI is InChI=1S/C16H24N8O3S/c1-4-17-16-19-12-14(26)13(25)11(27-15(12)28-16)7-23-5-10(20-22-23)6-24-9(3)18-8(2)21-24/h5,11-15,25-26H,4,6-7H2,1-3H3,(H,17,19)/t11-,12-,13-,14?,15-/m1/s1. The SMILES string of the molecule is CCN=C1N[C@@H]2C(O)[C@H](O)[C@@H](Cn3cc(Cn4nc(C)nc4C)nn3)O[C@@H]2S1. The van der Waals surface area contributed by atoms with Gasteiger partial charge in [-0.25, -0.2) is 14.3 Å². The lowest BCUT2D eigenvalue weighted by Crippen LogP contribution is -2.59. The lowest BCUT2D eigenvalue weighted by Gasteiger charge is -2.38. The van der Waals surface area contributed by atoms with Crippen molar-refractivity contribution in [2.45, 2.75) is 63.7 Å². The third kappa shape index (κ3) is 3.77. The van der Waals surface area contributed by atoms with E-state index >= 15 is 0 Å². The molecule has 0 aromatic carbocycles. The maximum Gasteiger partial charge on any atom is 0.159 e. The molecule has 2 aliphatic rings. The Morgan fingerprint density at radius 1 is 1.32 bits per heavy atom. The van der Waals surface area contributed by atoms with Gasteiger partial charge in [0, 0.05) is 6.54 Å². The zero-order valence-corrected chi connectivity index (χ0v) is 16.7. The highest BCUT2D eigenvalue weighted by Crippen LogP contribution is 2.34. The second-order valence-corrected chi connectivity index (χ2v) is 7.97. The van der Waals surface area contributed by atoms with Crippen LogP contribution in [0.5, 0.6) is 0 Å². The van der Waals surface area contributed by atoms with Crippen LogP contribution in [0.25, 0.3) is 0 Å². The molecule has 0 spiro atoms. The summed E-state index contributed by atoms with van der Waals surface area (Å²) in [5, 5.41) is 37.4. The van der Waals surface area contributed by atoms with E-state index in [1.807, 2.05) is 20.8 Å². The number of aliphatic imine (C=N–C) groups is 1. The summed E-state index contributed by atoms with van der Waals surface area (Å²) in [5.41, 5.74) is 0.420. The number of aryl methyl sites for hydroxylation is 2. The van der Waals surface area contributed by atoms with Crippen LogP contribution in [0.1, 0.15) is 24.3 Å². The molecule has 28 heavy (non-hydrogen) atoms. The molecule has 152 valence electrons. The maximum absolute atomic E-state index is 10.5. The molecule has 3 N–H and O–H groups in total. The van der Waals surface area contributed by atoms with Crippen LogP contribution in [-0.4, -0.2) is 81.5 Å². The van der Waals surface area contributed by atoms with Crippen molar-refractivity contribution in [3.63, 3.8) is 0 Å². The number of nitrogens with one attached hydrogen (secondary N) is 1. The Hall–Kier alpha value is -2.02. The van der Waals surface area contributed by atoms with Crippen LogP contribution in [0.4, 0.5) is 0 Å². The molecule has 0 amide bonds. The monoisotopic (exact) mass is 408 g/mol. The number of aromatic nitrogens is 6. The molecule has 0 saturated carbocycles. The molecule has 2 fully saturated rings. The molecule has 2 aromatic heterocycles. The number of nitrogens with zero attached hydrogens (tertiary/aromatic N) is 7. The van der Waals surface area contributed by atoms with E-state index in [4.69, 9.17) is 4.74 Å². The summed E-state index contributed by atoms with van der Waals surface area (Å²) in [6, 6.07) is -0.383. The van der Waals surface area contributed by atoms with E-state index < -0.39 is 18.3 Å². The first-order valence-electron chi connectivity index (χ1n) is 9.21. The fourth-order valence-corrected chi connectivity index (χ4v) is 4.60. The summed E-state index contributed by atoms with van der Waals surface area (Å²) in [6.07, 6.45) is -0.807. The molecule has 5 atom stereocenters. The van der Waals surface area contributed by atoms with Crippen molar-refractivity contribution in [3.05, 3.63) is 23.5 Å². The van der Waals surface area contributed by atoms with Crippen LogP contribution >= 0.6 is 11.8 Å².